The van der Waals surface area contributed by atoms with Crippen LogP contribution in [0.25, 0.3) is 0 Å². The summed E-state index contributed by atoms with van der Waals surface area (Å²) in [5.41, 5.74) is 1.95. The molecule has 0 spiro atoms. The maximum absolute atomic E-state index is 12.5. The molecule has 0 saturated heterocycles. The average molecular weight is 333 g/mol. The van der Waals surface area contributed by atoms with Gasteiger partial charge in [0.2, 0.25) is 0 Å². The maximum atomic E-state index is 12.5. The van der Waals surface area contributed by atoms with E-state index < -0.39 is 0 Å². The van der Waals surface area contributed by atoms with E-state index >= 15 is 0 Å². The van der Waals surface area contributed by atoms with Gasteiger partial charge in [0.15, 0.2) is 0 Å². The molecule has 0 radical (unpaired) electrons. The Labute approximate surface area is 147 Å². The molecular weight excluding hydrogens is 314 g/mol. The van der Waals surface area contributed by atoms with Crippen LogP contribution in [-0.4, -0.2) is 23.9 Å². The quantitative estimate of drug-likeness (QED) is 0.810. The van der Waals surface area contributed by atoms with E-state index in [1.807, 2.05) is 13.0 Å². The Morgan fingerprint density at radius 1 is 1.20 bits per heavy atom. The van der Waals surface area contributed by atoms with Crippen molar-refractivity contribution in [2.45, 2.75) is 26.0 Å². The van der Waals surface area contributed by atoms with Crippen molar-refractivity contribution in [2.75, 3.05) is 7.05 Å². The molecule has 0 saturated carbocycles. The van der Waals surface area contributed by atoms with Gasteiger partial charge in [-0.3, -0.25) is 4.79 Å². The number of amides is 1. The third-order valence-corrected chi connectivity index (χ3v) is 3.91. The van der Waals surface area contributed by atoms with Gasteiger partial charge in [0.1, 0.15) is 12.4 Å². The molecule has 5 heteroatoms. The summed E-state index contributed by atoms with van der Waals surface area (Å²) in [4.78, 5) is 14.1. The van der Waals surface area contributed by atoms with Crippen LogP contribution in [0.3, 0.4) is 0 Å². The second kappa shape index (κ2) is 8.52. The second-order valence-corrected chi connectivity index (χ2v) is 5.76. The van der Waals surface area contributed by atoms with Crippen molar-refractivity contribution in [1.82, 2.24) is 4.90 Å². The molecule has 25 heavy (non-hydrogen) atoms. The van der Waals surface area contributed by atoms with Gasteiger partial charge in [0.25, 0.3) is 5.91 Å². The number of rotatable bonds is 6. The molecule has 0 N–H and O–H groups in total. The van der Waals surface area contributed by atoms with E-state index in [0.717, 1.165) is 5.56 Å². The van der Waals surface area contributed by atoms with Crippen molar-refractivity contribution in [3.8, 4) is 17.9 Å². The molecule has 1 unspecified atom stereocenters. The monoisotopic (exact) mass is 333 g/mol. The Hall–Kier alpha value is -3.31. The van der Waals surface area contributed by atoms with E-state index in [1.54, 1.807) is 54.4 Å². The van der Waals surface area contributed by atoms with Crippen LogP contribution in [0.2, 0.25) is 0 Å². The van der Waals surface area contributed by atoms with Gasteiger partial charge in [0, 0.05) is 18.7 Å². The highest BCUT2D eigenvalue weighted by Gasteiger charge is 2.17. The summed E-state index contributed by atoms with van der Waals surface area (Å²) in [7, 11) is 1.70. The van der Waals surface area contributed by atoms with Gasteiger partial charge in [-0.1, -0.05) is 18.2 Å². The molecular formula is C20H19N3O2. The Balaban J connectivity index is 2.07. The van der Waals surface area contributed by atoms with Crippen molar-refractivity contribution in [3.63, 3.8) is 0 Å². The molecule has 0 aliphatic rings. The van der Waals surface area contributed by atoms with E-state index in [9.17, 15) is 4.79 Å². The number of carbonyl (C=O) groups is 1. The van der Waals surface area contributed by atoms with Gasteiger partial charge in [-0.25, -0.2) is 0 Å². The van der Waals surface area contributed by atoms with E-state index in [1.165, 1.54) is 0 Å². The summed E-state index contributed by atoms with van der Waals surface area (Å²) in [6.45, 7) is 2.14. The Kier molecular flexibility index (Phi) is 6.14. The molecule has 2 aromatic rings. The van der Waals surface area contributed by atoms with Crippen LogP contribution in [0.15, 0.2) is 48.5 Å². The number of carbonyl (C=O) groups excluding carboxylic acids is 1. The minimum atomic E-state index is -0.147. The van der Waals surface area contributed by atoms with Gasteiger partial charge < -0.3 is 9.64 Å². The zero-order valence-corrected chi connectivity index (χ0v) is 14.3. The first-order chi connectivity index (χ1) is 12.0. The number of nitrogens with zero attached hydrogens (tertiary/aromatic N) is 3. The zero-order chi connectivity index (χ0) is 18.2. The molecule has 0 heterocycles. The standard InChI is InChI=1S/C20H19N3O2/c1-15(9-10-21)23(2)20(24)18-7-3-6-17(11-18)14-25-19-8-4-5-16(12-19)13-22/h3-8,11-12,15H,9,14H2,1-2H3. The molecule has 2 aromatic carbocycles. The molecule has 5 nitrogen and oxygen atoms in total. The maximum Gasteiger partial charge on any atom is 0.253 e. The fraction of sp³-hybridized carbons (Fsp3) is 0.250. The summed E-state index contributed by atoms with van der Waals surface area (Å²) < 4.78 is 5.70. The number of benzene rings is 2. The van der Waals surface area contributed by atoms with Crippen LogP contribution in [0, 0.1) is 22.7 Å². The molecule has 0 aromatic heterocycles. The lowest BCUT2D eigenvalue weighted by atomic mass is 10.1. The van der Waals surface area contributed by atoms with Gasteiger partial charge >= 0.3 is 0 Å². The number of nitriles is 2. The molecule has 0 fully saturated rings. The van der Waals surface area contributed by atoms with E-state index in [-0.39, 0.29) is 11.9 Å². The van der Waals surface area contributed by atoms with Gasteiger partial charge in [-0.05, 0) is 42.8 Å². The predicted molar refractivity (Wildman–Crippen MR) is 93.7 cm³/mol. The van der Waals surface area contributed by atoms with Crippen LogP contribution in [0.1, 0.15) is 34.8 Å². The summed E-state index contributed by atoms with van der Waals surface area (Å²) in [6.07, 6.45) is 0.292. The van der Waals surface area contributed by atoms with E-state index in [2.05, 4.69) is 12.1 Å². The van der Waals surface area contributed by atoms with Crippen LogP contribution < -0.4 is 4.74 Å². The zero-order valence-electron chi connectivity index (χ0n) is 14.3. The summed E-state index contributed by atoms with van der Waals surface area (Å²) >= 11 is 0. The highest BCUT2D eigenvalue weighted by Crippen LogP contribution is 2.16. The summed E-state index contributed by atoms with van der Waals surface area (Å²) in [5.74, 6) is 0.478. The molecule has 1 amide bonds. The third kappa shape index (κ3) is 4.83. The molecule has 2 rings (SSSR count). The van der Waals surface area contributed by atoms with Crippen LogP contribution in [0.4, 0.5) is 0 Å². The lowest BCUT2D eigenvalue weighted by Gasteiger charge is -2.23. The smallest absolute Gasteiger partial charge is 0.253 e. The first-order valence-electron chi connectivity index (χ1n) is 7.91. The number of hydrogen-bond acceptors (Lipinski definition) is 4. The third-order valence-electron chi connectivity index (χ3n) is 3.91. The molecule has 1 atom stereocenters. The molecule has 0 aliphatic heterocycles. The summed E-state index contributed by atoms with van der Waals surface area (Å²) in [6, 6.07) is 18.1. The SMILES string of the molecule is CC(CC#N)N(C)C(=O)c1cccc(COc2cccc(C#N)c2)c1. The minimum Gasteiger partial charge on any atom is -0.489 e. The fourth-order valence-electron chi connectivity index (χ4n) is 2.29. The van der Waals surface area contributed by atoms with Gasteiger partial charge in [0.05, 0.1) is 24.1 Å². The topological polar surface area (TPSA) is 77.1 Å². The Morgan fingerprint density at radius 2 is 1.96 bits per heavy atom. The van der Waals surface area contributed by atoms with Crippen LogP contribution in [-0.2, 0) is 6.61 Å². The predicted octanol–water partition coefficient (Wildman–Crippen LogP) is 3.51. The van der Waals surface area contributed by atoms with Crippen LogP contribution in [0.5, 0.6) is 5.75 Å². The Bertz CT molecular complexity index is 833. The van der Waals surface area contributed by atoms with Gasteiger partial charge in [-0.15, -0.1) is 0 Å². The van der Waals surface area contributed by atoms with E-state index in [0.29, 0.717) is 29.9 Å². The normalized spacial score (nSPS) is 11.0. The van der Waals surface area contributed by atoms with Crippen molar-refractivity contribution < 1.29 is 9.53 Å². The van der Waals surface area contributed by atoms with Crippen molar-refractivity contribution in [3.05, 3.63) is 65.2 Å². The van der Waals surface area contributed by atoms with E-state index in [4.69, 9.17) is 15.3 Å². The fourth-order valence-corrected chi connectivity index (χ4v) is 2.29. The lowest BCUT2D eigenvalue weighted by molar-refractivity contribution is 0.0746. The van der Waals surface area contributed by atoms with Crippen LogP contribution >= 0.6 is 0 Å². The van der Waals surface area contributed by atoms with Crippen molar-refractivity contribution >= 4 is 5.91 Å². The highest BCUT2D eigenvalue weighted by molar-refractivity contribution is 5.94. The molecule has 126 valence electrons. The molecule has 0 aliphatic carbocycles. The number of ether oxygens (including phenoxy) is 1. The lowest BCUT2D eigenvalue weighted by Crippen LogP contribution is -2.34. The number of hydrogen-bond donors (Lipinski definition) is 0. The van der Waals surface area contributed by atoms with Crippen molar-refractivity contribution in [2.24, 2.45) is 0 Å². The summed E-state index contributed by atoms with van der Waals surface area (Å²) in [5, 5.41) is 17.7. The highest BCUT2D eigenvalue weighted by atomic mass is 16.5. The second-order valence-electron chi connectivity index (χ2n) is 5.76. The minimum absolute atomic E-state index is 0.129. The van der Waals surface area contributed by atoms with Gasteiger partial charge in [-0.2, -0.15) is 10.5 Å². The first kappa shape index (κ1) is 18.0. The van der Waals surface area contributed by atoms with Crippen molar-refractivity contribution in [1.29, 1.82) is 10.5 Å². The average Bonchev–Trinajstić information content (AvgIpc) is 2.65. The largest absolute Gasteiger partial charge is 0.489 e. The first-order valence-corrected chi connectivity index (χ1v) is 7.91. The Morgan fingerprint density at radius 3 is 2.68 bits per heavy atom. The molecule has 0 bridgehead atoms.